The molecule has 0 rings (SSSR count). The van der Waals surface area contributed by atoms with Gasteiger partial charge in [0, 0.05) is 401 Å². The Morgan fingerprint density at radius 1 is 0.0556 bits per heavy atom. The van der Waals surface area contributed by atoms with Crippen molar-refractivity contribution >= 4 is 0 Å². The maximum Gasteiger partial charge on any atom is 0 e. The van der Waals surface area contributed by atoms with Crippen LogP contribution in [0.3, 0.4) is 0 Å². The van der Waals surface area contributed by atoms with Gasteiger partial charge in [-0.3, -0.25) is 0 Å². The maximum absolute atomic E-state index is 3.32. The molecule has 0 bridgehead atoms. The van der Waals surface area contributed by atoms with Crippen molar-refractivity contribution in [2.45, 2.75) is 0 Å². The van der Waals surface area contributed by atoms with Gasteiger partial charge in [-0.2, -0.15) is 0 Å². The van der Waals surface area contributed by atoms with Crippen molar-refractivity contribution in [2.75, 3.05) is 0 Å². The summed E-state index contributed by atoms with van der Waals surface area (Å²) in [7, 11) is 0. The van der Waals surface area contributed by atoms with Gasteiger partial charge in [-0.15, -0.1) is 0 Å². The second kappa shape index (κ2) is 69.4. The van der Waals surface area contributed by atoms with Crippen LogP contribution < -0.4 is 0 Å². The molecule has 90 heavy (non-hydrogen) atoms. The molecule has 0 saturated heterocycles. The molecule has 0 unspecified atom stereocenters. The molecular formula is C90H4. The van der Waals surface area contributed by atoms with Crippen LogP contribution in [-0.2, 0) is 0 Å². The fourth-order valence-electron chi connectivity index (χ4n) is 2.71. The third kappa shape index (κ3) is 68.4. The molecule has 364 valence electrons. The van der Waals surface area contributed by atoms with E-state index in [0.29, 0.717) is 0 Å². The molecule has 0 aliphatic carbocycles. The molecule has 0 aromatic heterocycles. The minimum absolute atomic E-state index is 2.37. The first-order chi connectivity index (χ1) is 44.9. The molecule has 0 N–H and O–H groups in total. The van der Waals surface area contributed by atoms with Crippen molar-refractivity contribution < 1.29 is 0 Å². The van der Waals surface area contributed by atoms with Crippen molar-refractivity contribution in [2.24, 2.45) is 0 Å². The molecule has 0 heterocycles. The predicted octanol–water partition coefficient (Wildman–Crippen LogP) is 14.5. The van der Waals surface area contributed by atoms with E-state index in [0.717, 1.165) is 0 Å². The second-order valence-electron chi connectivity index (χ2n) is 11.1. The molecule has 0 aromatic rings. The Bertz CT molecular complexity index is 6600. The maximum atomic E-state index is 3.32. The fourth-order valence-corrected chi connectivity index (χ4v) is 2.71. The summed E-state index contributed by atoms with van der Waals surface area (Å²) >= 11 is 0. The largest absolute Gasteiger partial charge is 0.0687 e. The molecule has 0 fully saturated rings. The molecule has 0 radical (unpaired) electrons. The van der Waals surface area contributed by atoms with E-state index in [9.17, 15) is 0 Å². The predicted molar refractivity (Wildman–Crippen MR) is 320 cm³/mol. The average molecular weight is 1090 g/mol. The van der Waals surface area contributed by atoms with Crippen LogP contribution >= 0.6 is 0 Å². The van der Waals surface area contributed by atoms with Crippen LogP contribution in [0.4, 0.5) is 0 Å². The van der Waals surface area contributed by atoms with E-state index in [1.165, 1.54) is 0 Å². The number of hydrogen-bond acceptors (Lipinski definition) is 0. The third-order valence-corrected chi connectivity index (χ3v) is 5.49. The van der Waals surface area contributed by atoms with E-state index < -0.39 is 0 Å². The highest BCUT2D eigenvalue weighted by Crippen LogP contribution is 1.65. The van der Waals surface area contributed by atoms with Gasteiger partial charge in [0.05, 0.1) is 0 Å². The molecular weight excluding hydrogens is 1080 g/mol. The number of rotatable bonds is 0. The summed E-state index contributed by atoms with van der Waals surface area (Å²) in [6.45, 7) is 6.63. The monoisotopic (exact) mass is 1080 g/mol. The van der Waals surface area contributed by atoms with Crippen molar-refractivity contribution in [3.63, 3.8) is 0 Å². The van der Waals surface area contributed by atoms with E-state index >= 15 is 0 Å². The quantitative estimate of drug-likeness (QED) is 0.212. The van der Waals surface area contributed by atoms with Crippen LogP contribution in [0.5, 0.6) is 0 Å². The third-order valence-electron chi connectivity index (χ3n) is 5.49. The first kappa shape index (κ1) is 70.4. The minimum Gasteiger partial charge on any atom is -0.0687 e. The van der Waals surface area contributed by atoms with Gasteiger partial charge in [0.15, 0.2) is 0 Å². The van der Waals surface area contributed by atoms with Crippen molar-refractivity contribution in [3.8, 4) is 0 Å². The summed E-state index contributed by atoms with van der Waals surface area (Å²) < 4.78 is 0. The zero-order valence-electron chi connectivity index (χ0n) is 45.4. The van der Waals surface area contributed by atoms with Crippen LogP contribution in [0.1, 0.15) is 0 Å². The highest BCUT2D eigenvalue weighted by atomic mass is 13.5. The summed E-state index contributed by atoms with van der Waals surface area (Å²) in [5.41, 5.74) is 219. The van der Waals surface area contributed by atoms with Gasteiger partial charge in [-0.1, -0.05) is 11.5 Å². The van der Waals surface area contributed by atoms with E-state index in [4.69, 9.17) is 0 Å². The van der Waals surface area contributed by atoms with Crippen LogP contribution in [0.25, 0.3) is 0 Å². The Labute approximate surface area is 514 Å². The van der Waals surface area contributed by atoms with Gasteiger partial charge < -0.3 is 0 Å². The lowest BCUT2D eigenvalue weighted by Gasteiger charge is -1.41. The molecule has 0 spiro atoms. The Kier molecular flexibility index (Phi) is 54.3. The SMILES string of the molecule is C=C=C=C=C=C=C=C=C=C=C=C=C=C=C=C=C=C=C=C=C=C=C=C=C=C=C=C=C=C=C=C=C=C=C=C=C=C=C=C=C=C=C=C=C=C=C=C=C=C=C=C=C=C=C=C=C=C=C=C=C=C=C=C=C=C=C=C=C=C=C=C=C=C=C=C=C=C=C=C=C=C=C=C=C=C=C=C=C=C. The molecule has 0 heteroatoms. The molecule has 0 saturated carbocycles. The van der Waals surface area contributed by atoms with Crippen molar-refractivity contribution in [1.29, 1.82) is 0 Å². The van der Waals surface area contributed by atoms with E-state index in [2.05, 4.69) is 518 Å². The Hall–Kier alpha value is -19.6. The molecule has 0 nitrogen and oxygen atoms in total. The highest BCUT2D eigenvalue weighted by molar-refractivity contribution is 5.01. The summed E-state index contributed by atoms with van der Waals surface area (Å²) in [4.78, 5) is 0. The molecule has 0 atom stereocenters. The highest BCUT2D eigenvalue weighted by Gasteiger charge is 1.50. The van der Waals surface area contributed by atoms with Gasteiger partial charge in [0.1, 0.15) is 0 Å². The zero-order valence-corrected chi connectivity index (χ0v) is 45.4. The lowest BCUT2D eigenvalue weighted by molar-refractivity contribution is 2.10. The number of hydrogen-bond donors (Lipinski definition) is 0. The van der Waals surface area contributed by atoms with Crippen molar-refractivity contribution in [1.82, 2.24) is 0 Å². The van der Waals surface area contributed by atoms with Crippen molar-refractivity contribution in [3.05, 3.63) is 518 Å². The summed E-state index contributed by atoms with van der Waals surface area (Å²) in [5.74, 6) is 0. The van der Waals surface area contributed by atoms with Gasteiger partial charge in [-0.25, -0.2) is 0 Å². The Morgan fingerprint density at radius 2 is 0.0889 bits per heavy atom. The standard InChI is InChI=1S/C90H4/c1-3-5-7-9-11-13-15-17-19-21-23-25-27-29-31-33-35-37-39-41-43-45-47-49-51-53-55-57-59-61-63-65-67-69-71-73-75-77-79-81-83-85-87-89-90-88-86-84-82-80-78-76-74-72-70-68-66-64-62-60-58-56-54-52-50-48-46-44-42-40-38-36-34-32-30-28-26-24-22-20-18-16-14-12-10-8-6-4-2/h1-2H2. The van der Waals surface area contributed by atoms with Gasteiger partial charge in [-0.05, 0) is 105 Å². The Balaban J connectivity index is 6.17. The summed E-state index contributed by atoms with van der Waals surface area (Å²) in [5, 5.41) is 0. The molecule has 0 aromatic carbocycles. The van der Waals surface area contributed by atoms with E-state index in [-0.39, 0.29) is 0 Å². The topological polar surface area (TPSA) is 0 Å². The summed E-state index contributed by atoms with van der Waals surface area (Å²) in [6, 6.07) is 0. The van der Waals surface area contributed by atoms with Gasteiger partial charge >= 0.3 is 0 Å². The first-order valence-electron chi connectivity index (χ1n) is 22.5. The lowest BCUT2D eigenvalue weighted by atomic mass is 10.6. The fraction of sp³-hybridized carbons (Fsp3) is 0. The van der Waals surface area contributed by atoms with Gasteiger partial charge in [0.25, 0.3) is 0 Å². The first-order valence-corrected chi connectivity index (χ1v) is 22.5. The van der Waals surface area contributed by atoms with Crippen LogP contribution in [0.2, 0.25) is 0 Å². The molecule has 0 aliphatic rings. The summed E-state index contributed by atoms with van der Waals surface area (Å²) in [6.07, 6.45) is 0. The Morgan fingerprint density at radius 3 is 0.122 bits per heavy atom. The smallest absolute Gasteiger partial charge is 0 e. The van der Waals surface area contributed by atoms with Crippen LogP contribution in [0.15, 0.2) is 518 Å². The van der Waals surface area contributed by atoms with E-state index in [1.54, 1.807) is 0 Å². The van der Waals surface area contributed by atoms with Crippen LogP contribution in [-0.4, -0.2) is 0 Å². The average Bonchev–Trinajstić information content (AvgIpc) is 3.55. The normalized spacial score (nSPS) is 3.96. The lowest BCUT2D eigenvalue weighted by Crippen LogP contribution is -1.26. The molecule has 0 amide bonds. The zero-order chi connectivity index (χ0) is 64.2. The molecule has 0 aliphatic heterocycles. The van der Waals surface area contributed by atoms with Gasteiger partial charge in [0.2, 0.25) is 0 Å². The van der Waals surface area contributed by atoms with Crippen LogP contribution in [0, 0.1) is 0 Å². The van der Waals surface area contributed by atoms with E-state index in [1.807, 2.05) is 0 Å². The second-order valence-corrected chi connectivity index (χ2v) is 11.1. The minimum atomic E-state index is 2.37.